The highest BCUT2D eigenvalue weighted by Crippen LogP contribution is 2.31. The number of aryl methyl sites for hydroxylation is 2. The summed E-state index contributed by atoms with van der Waals surface area (Å²) in [6.07, 6.45) is 4.49. The van der Waals surface area contributed by atoms with Crippen molar-refractivity contribution >= 4 is 20.9 Å². The van der Waals surface area contributed by atoms with Crippen LogP contribution in [0, 0.1) is 0 Å². The number of fused-ring (bicyclic) bond motifs is 3. The number of aromatic amines is 1. The molecule has 22 heavy (non-hydrogen) atoms. The predicted octanol–water partition coefficient (Wildman–Crippen LogP) is 2.07. The molecule has 6 heteroatoms. The fraction of sp³-hybridized carbons (Fsp3) is 0.500. The molecule has 2 heterocycles. The first-order valence-electron chi connectivity index (χ1n) is 7.87. The van der Waals surface area contributed by atoms with Crippen molar-refractivity contribution in [1.82, 2.24) is 9.29 Å². The van der Waals surface area contributed by atoms with Crippen LogP contribution in [0.5, 0.6) is 0 Å². The summed E-state index contributed by atoms with van der Waals surface area (Å²) in [5, 5.41) is 1.07. The lowest BCUT2D eigenvalue weighted by Gasteiger charge is -2.26. The second kappa shape index (κ2) is 5.37. The summed E-state index contributed by atoms with van der Waals surface area (Å²) in [4.78, 5) is 3.84. The fourth-order valence-electron chi connectivity index (χ4n) is 3.48. The average molecular weight is 320 g/mol. The summed E-state index contributed by atoms with van der Waals surface area (Å²) in [6, 6.07) is 5.47. The van der Waals surface area contributed by atoms with E-state index in [1.807, 2.05) is 12.1 Å². The Labute approximate surface area is 130 Å². The molecule has 0 bridgehead atoms. The summed E-state index contributed by atoms with van der Waals surface area (Å²) in [7, 11) is -3.42. The van der Waals surface area contributed by atoms with E-state index in [1.54, 1.807) is 6.07 Å². The van der Waals surface area contributed by atoms with E-state index in [1.165, 1.54) is 28.4 Å². The van der Waals surface area contributed by atoms with E-state index in [9.17, 15) is 8.42 Å². The van der Waals surface area contributed by atoms with Crippen molar-refractivity contribution in [3.8, 4) is 0 Å². The molecular weight excluding hydrogens is 300 g/mol. The number of hydrogen-bond acceptors (Lipinski definition) is 3. The zero-order chi connectivity index (χ0) is 15.2. The van der Waals surface area contributed by atoms with Crippen LogP contribution < -0.4 is 0 Å². The minimum absolute atomic E-state index is 0.397. The molecule has 1 saturated heterocycles. The van der Waals surface area contributed by atoms with Crippen molar-refractivity contribution in [3.63, 3.8) is 0 Å². The van der Waals surface area contributed by atoms with Crippen LogP contribution >= 0.6 is 0 Å². The Morgan fingerprint density at radius 2 is 1.86 bits per heavy atom. The quantitative estimate of drug-likeness (QED) is 0.921. The maximum Gasteiger partial charge on any atom is 0.243 e. The molecule has 1 fully saturated rings. The molecule has 0 unspecified atom stereocenters. The lowest BCUT2D eigenvalue weighted by Crippen LogP contribution is -2.40. The van der Waals surface area contributed by atoms with Gasteiger partial charge in [-0.15, -0.1) is 0 Å². The molecule has 0 amide bonds. The predicted molar refractivity (Wildman–Crippen MR) is 84.5 cm³/mol. The van der Waals surface area contributed by atoms with E-state index in [0.29, 0.717) is 31.2 Å². The van der Waals surface area contributed by atoms with E-state index >= 15 is 0 Å². The first-order valence-corrected chi connectivity index (χ1v) is 9.32. The van der Waals surface area contributed by atoms with Gasteiger partial charge in [0.15, 0.2) is 0 Å². The molecule has 0 spiro atoms. The third kappa shape index (κ3) is 2.26. The maximum atomic E-state index is 12.8. The van der Waals surface area contributed by atoms with Crippen molar-refractivity contribution in [2.24, 2.45) is 0 Å². The molecule has 5 nitrogen and oxygen atoms in total. The minimum atomic E-state index is -3.42. The average Bonchev–Trinajstić information content (AvgIpc) is 2.93. The zero-order valence-electron chi connectivity index (χ0n) is 12.5. The minimum Gasteiger partial charge on any atom is -0.379 e. The Morgan fingerprint density at radius 3 is 2.68 bits per heavy atom. The molecule has 1 aliphatic carbocycles. The summed E-state index contributed by atoms with van der Waals surface area (Å²) >= 11 is 0. The van der Waals surface area contributed by atoms with Gasteiger partial charge >= 0.3 is 0 Å². The van der Waals surface area contributed by atoms with Crippen LogP contribution in [-0.2, 0) is 27.6 Å². The third-order valence-corrected chi connectivity index (χ3v) is 6.57. The first-order chi connectivity index (χ1) is 10.7. The van der Waals surface area contributed by atoms with Crippen LogP contribution in [0.1, 0.15) is 24.1 Å². The van der Waals surface area contributed by atoms with Crippen LogP contribution in [-0.4, -0.2) is 44.0 Å². The second-order valence-electron chi connectivity index (χ2n) is 6.01. The molecular formula is C16H20N2O3S. The molecule has 0 saturated carbocycles. The van der Waals surface area contributed by atoms with Crippen molar-refractivity contribution in [1.29, 1.82) is 0 Å². The number of morpholine rings is 1. The van der Waals surface area contributed by atoms with Gasteiger partial charge in [-0.25, -0.2) is 8.42 Å². The fourth-order valence-corrected chi connectivity index (χ4v) is 4.92. The highest BCUT2D eigenvalue weighted by Gasteiger charge is 2.27. The van der Waals surface area contributed by atoms with E-state index in [-0.39, 0.29) is 0 Å². The van der Waals surface area contributed by atoms with Gasteiger partial charge in [-0.05, 0) is 49.4 Å². The molecule has 1 aromatic carbocycles. The molecule has 4 rings (SSSR count). The van der Waals surface area contributed by atoms with Crippen molar-refractivity contribution in [3.05, 3.63) is 29.5 Å². The standard InChI is InChI=1S/C16H20N2O3S/c19-22(20,18-7-9-21-10-8-18)12-5-6-16-14(11-12)13-3-1-2-4-15(13)17-16/h5-6,11,17H,1-4,7-10H2. The number of ether oxygens (including phenoxy) is 1. The topological polar surface area (TPSA) is 62.4 Å². The van der Waals surface area contributed by atoms with Gasteiger partial charge in [0.05, 0.1) is 18.1 Å². The Morgan fingerprint density at radius 1 is 1.09 bits per heavy atom. The number of nitrogens with zero attached hydrogens (tertiary/aromatic N) is 1. The highest BCUT2D eigenvalue weighted by molar-refractivity contribution is 7.89. The molecule has 1 aliphatic heterocycles. The largest absolute Gasteiger partial charge is 0.379 e. The zero-order valence-corrected chi connectivity index (χ0v) is 13.3. The van der Waals surface area contributed by atoms with E-state index in [4.69, 9.17) is 4.74 Å². The Kier molecular flexibility index (Phi) is 3.47. The van der Waals surface area contributed by atoms with Crippen LogP contribution in [0.2, 0.25) is 0 Å². The van der Waals surface area contributed by atoms with Crippen LogP contribution in [0.4, 0.5) is 0 Å². The Balaban J connectivity index is 1.78. The van der Waals surface area contributed by atoms with Gasteiger partial charge in [-0.3, -0.25) is 0 Å². The second-order valence-corrected chi connectivity index (χ2v) is 7.95. The van der Waals surface area contributed by atoms with Gasteiger partial charge in [0, 0.05) is 29.7 Å². The highest BCUT2D eigenvalue weighted by atomic mass is 32.2. The molecule has 118 valence electrons. The molecule has 1 aromatic heterocycles. The van der Waals surface area contributed by atoms with Gasteiger partial charge < -0.3 is 9.72 Å². The molecule has 1 N–H and O–H groups in total. The maximum absolute atomic E-state index is 12.8. The van der Waals surface area contributed by atoms with Gasteiger partial charge in [0.2, 0.25) is 10.0 Å². The molecule has 2 aromatic rings. The van der Waals surface area contributed by atoms with E-state index < -0.39 is 10.0 Å². The van der Waals surface area contributed by atoms with E-state index in [0.717, 1.165) is 23.7 Å². The van der Waals surface area contributed by atoms with Crippen molar-refractivity contribution in [2.75, 3.05) is 26.3 Å². The molecule has 0 atom stereocenters. The van der Waals surface area contributed by atoms with Crippen LogP contribution in [0.3, 0.4) is 0 Å². The number of nitrogens with one attached hydrogen (secondary N) is 1. The van der Waals surface area contributed by atoms with E-state index in [2.05, 4.69) is 4.98 Å². The summed E-state index contributed by atoms with van der Waals surface area (Å²) in [6.45, 7) is 1.82. The normalized spacial score (nSPS) is 20.2. The number of sulfonamides is 1. The lowest BCUT2D eigenvalue weighted by atomic mass is 9.96. The van der Waals surface area contributed by atoms with Gasteiger partial charge in [0.25, 0.3) is 0 Å². The summed E-state index contributed by atoms with van der Waals surface area (Å²) in [5.41, 5.74) is 3.63. The lowest BCUT2D eigenvalue weighted by molar-refractivity contribution is 0.0730. The summed E-state index contributed by atoms with van der Waals surface area (Å²) < 4.78 is 32.3. The number of hydrogen-bond donors (Lipinski definition) is 1. The SMILES string of the molecule is O=S(=O)(c1ccc2[nH]c3c(c2c1)CCCC3)N1CCOCC1. The number of aromatic nitrogens is 1. The van der Waals surface area contributed by atoms with Crippen LogP contribution in [0.15, 0.2) is 23.1 Å². The number of rotatable bonds is 2. The van der Waals surface area contributed by atoms with Crippen molar-refractivity contribution in [2.45, 2.75) is 30.6 Å². The summed E-state index contributed by atoms with van der Waals surface area (Å²) in [5.74, 6) is 0. The number of H-pyrrole nitrogens is 1. The Hall–Kier alpha value is -1.37. The van der Waals surface area contributed by atoms with Gasteiger partial charge in [-0.2, -0.15) is 4.31 Å². The van der Waals surface area contributed by atoms with Gasteiger partial charge in [-0.1, -0.05) is 0 Å². The van der Waals surface area contributed by atoms with Gasteiger partial charge in [0.1, 0.15) is 0 Å². The third-order valence-electron chi connectivity index (χ3n) is 4.68. The van der Waals surface area contributed by atoms with Crippen LogP contribution in [0.25, 0.3) is 10.9 Å². The smallest absolute Gasteiger partial charge is 0.243 e. The first kappa shape index (κ1) is 14.2. The molecule has 2 aliphatic rings. The number of benzene rings is 1. The monoisotopic (exact) mass is 320 g/mol. The Bertz CT molecular complexity index is 804. The molecule has 0 radical (unpaired) electrons. The van der Waals surface area contributed by atoms with Crippen molar-refractivity contribution < 1.29 is 13.2 Å².